The van der Waals surface area contributed by atoms with E-state index >= 15 is 0 Å². The van der Waals surface area contributed by atoms with Crippen LogP contribution in [0.15, 0.2) is 47.6 Å². The van der Waals surface area contributed by atoms with E-state index in [1.807, 2.05) is 0 Å². The van der Waals surface area contributed by atoms with E-state index in [-0.39, 0.29) is 17.4 Å². The molecule has 0 saturated carbocycles. The maximum absolute atomic E-state index is 12.2. The lowest BCUT2D eigenvalue weighted by atomic mass is 10.1. The first kappa shape index (κ1) is 20.4. The van der Waals surface area contributed by atoms with Gasteiger partial charge in [0, 0.05) is 28.9 Å². The molecule has 28 heavy (non-hydrogen) atoms. The summed E-state index contributed by atoms with van der Waals surface area (Å²) in [5.41, 5.74) is 1.83. The van der Waals surface area contributed by atoms with Gasteiger partial charge in [-0.2, -0.15) is 0 Å². The van der Waals surface area contributed by atoms with Crippen molar-refractivity contribution in [3.8, 4) is 11.4 Å². The number of rotatable bonds is 6. The number of nitrogens with one attached hydrogen (secondary N) is 1. The van der Waals surface area contributed by atoms with E-state index in [1.165, 1.54) is 18.7 Å². The predicted octanol–water partition coefficient (Wildman–Crippen LogP) is 4.72. The first-order valence-electron chi connectivity index (χ1n) is 8.23. The number of carbonyl (C=O) groups is 2. The lowest BCUT2D eigenvalue weighted by molar-refractivity contribution is -0.113. The molecule has 1 N–H and O–H groups in total. The normalized spacial score (nSPS) is 10.7. The molecular formula is C19H16Cl2N4O2S. The summed E-state index contributed by atoms with van der Waals surface area (Å²) < 4.78 is 1.77. The Labute approximate surface area is 176 Å². The molecule has 0 radical (unpaired) electrons. The summed E-state index contributed by atoms with van der Waals surface area (Å²) in [6, 6.07) is 12.0. The van der Waals surface area contributed by atoms with Crippen molar-refractivity contribution < 1.29 is 9.59 Å². The maximum Gasteiger partial charge on any atom is 0.234 e. The third-order valence-corrected chi connectivity index (χ3v) is 5.46. The molecule has 3 rings (SSSR count). The van der Waals surface area contributed by atoms with Gasteiger partial charge < -0.3 is 9.88 Å². The topological polar surface area (TPSA) is 76.9 Å². The third-order valence-electron chi connectivity index (χ3n) is 3.89. The minimum Gasteiger partial charge on any atom is -0.325 e. The fourth-order valence-electron chi connectivity index (χ4n) is 2.49. The fourth-order valence-corrected chi connectivity index (χ4v) is 3.69. The van der Waals surface area contributed by atoms with E-state index < -0.39 is 0 Å². The number of anilines is 1. The van der Waals surface area contributed by atoms with Gasteiger partial charge in [0.2, 0.25) is 5.91 Å². The Morgan fingerprint density at radius 3 is 2.64 bits per heavy atom. The second-order valence-corrected chi connectivity index (χ2v) is 7.75. The second kappa shape index (κ2) is 8.77. The molecule has 1 aromatic heterocycles. The van der Waals surface area contributed by atoms with Gasteiger partial charge in [-0.1, -0.05) is 47.1 Å². The van der Waals surface area contributed by atoms with Gasteiger partial charge in [0.15, 0.2) is 16.8 Å². The Morgan fingerprint density at radius 2 is 1.93 bits per heavy atom. The average molecular weight is 435 g/mol. The summed E-state index contributed by atoms with van der Waals surface area (Å²) in [7, 11) is 1.80. The van der Waals surface area contributed by atoms with Crippen LogP contribution >= 0.6 is 35.0 Å². The number of thioether (sulfide) groups is 1. The molecule has 3 aromatic rings. The number of aromatic nitrogens is 3. The molecule has 0 unspecified atom stereocenters. The van der Waals surface area contributed by atoms with Gasteiger partial charge in [-0.05, 0) is 37.3 Å². The highest BCUT2D eigenvalue weighted by atomic mass is 35.5. The number of Topliss-reactive ketones (excluding diaryl/α,β-unsaturated/α-hetero) is 1. The van der Waals surface area contributed by atoms with Crippen LogP contribution in [0, 0.1) is 0 Å². The van der Waals surface area contributed by atoms with Gasteiger partial charge in [0.05, 0.1) is 10.8 Å². The molecule has 144 valence electrons. The van der Waals surface area contributed by atoms with Crippen molar-refractivity contribution >= 4 is 52.3 Å². The molecular weight excluding hydrogens is 419 g/mol. The summed E-state index contributed by atoms with van der Waals surface area (Å²) in [5, 5.41) is 12.7. The molecule has 1 heterocycles. The van der Waals surface area contributed by atoms with Crippen LogP contribution in [0.1, 0.15) is 17.3 Å². The van der Waals surface area contributed by atoms with Crippen molar-refractivity contribution in [3.05, 3.63) is 58.1 Å². The van der Waals surface area contributed by atoms with E-state index in [1.54, 1.807) is 54.1 Å². The molecule has 0 bridgehead atoms. The zero-order valence-corrected chi connectivity index (χ0v) is 17.4. The van der Waals surface area contributed by atoms with Crippen LogP contribution in [0.25, 0.3) is 11.4 Å². The zero-order valence-electron chi connectivity index (χ0n) is 15.1. The molecule has 0 fully saturated rings. The van der Waals surface area contributed by atoms with Gasteiger partial charge in [-0.3, -0.25) is 9.59 Å². The smallest absolute Gasteiger partial charge is 0.234 e. The number of halogens is 2. The minimum absolute atomic E-state index is 0.0575. The van der Waals surface area contributed by atoms with E-state index in [9.17, 15) is 9.59 Å². The average Bonchev–Trinajstić information content (AvgIpc) is 3.01. The van der Waals surface area contributed by atoms with E-state index in [2.05, 4.69) is 15.5 Å². The first-order chi connectivity index (χ1) is 13.3. The monoisotopic (exact) mass is 434 g/mol. The molecule has 2 aromatic carbocycles. The molecule has 1 amide bonds. The highest BCUT2D eigenvalue weighted by molar-refractivity contribution is 7.99. The summed E-state index contributed by atoms with van der Waals surface area (Å²) in [6.07, 6.45) is 0. The van der Waals surface area contributed by atoms with Crippen LogP contribution in [0.2, 0.25) is 10.0 Å². The van der Waals surface area contributed by atoms with Crippen LogP contribution in [0.3, 0.4) is 0 Å². The number of benzene rings is 2. The van der Waals surface area contributed by atoms with Crippen LogP contribution in [0.4, 0.5) is 5.69 Å². The molecule has 0 aliphatic rings. The Balaban J connectivity index is 1.67. The van der Waals surface area contributed by atoms with Gasteiger partial charge >= 0.3 is 0 Å². The molecule has 0 atom stereocenters. The molecule has 0 saturated heterocycles. The first-order valence-corrected chi connectivity index (χ1v) is 9.98. The minimum atomic E-state index is -0.209. The quantitative estimate of drug-likeness (QED) is 0.448. The zero-order chi connectivity index (χ0) is 20.3. The second-order valence-electron chi connectivity index (χ2n) is 5.96. The number of amides is 1. The summed E-state index contributed by atoms with van der Waals surface area (Å²) in [5.74, 6) is 0.460. The van der Waals surface area contributed by atoms with Crippen molar-refractivity contribution in [1.29, 1.82) is 0 Å². The van der Waals surface area contributed by atoms with Crippen molar-refractivity contribution in [3.63, 3.8) is 0 Å². The third kappa shape index (κ3) is 4.73. The van der Waals surface area contributed by atoms with Crippen LogP contribution < -0.4 is 5.32 Å². The molecule has 6 nitrogen and oxygen atoms in total. The number of nitrogens with zero attached hydrogens (tertiary/aromatic N) is 3. The highest BCUT2D eigenvalue weighted by Crippen LogP contribution is 2.30. The van der Waals surface area contributed by atoms with Crippen LogP contribution in [0.5, 0.6) is 0 Å². The molecule has 0 aliphatic carbocycles. The molecule has 9 heteroatoms. The Bertz CT molecular complexity index is 1050. The largest absolute Gasteiger partial charge is 0.325 e. The van der Waals surface area contributed by atoms with Gasteiger partial charge in [0.1, 0.15) is 0 Å². The summed E-state index contributed by atoms with van der Waals surface area (Å²) >= 11 is 13.4. The number of ketones is 1. The summed E-state index contributed by atoms with van der Waals surface area (Å²) in [4.78, 5) is 23.7. The van der Waals surface area contributed by atoms with Crippen molar-refractivity contribution in [2.24, 2.45) is 7.05 Å². The number of hydrogen-bond donors (Lipinski definition) is 1. The molecule has 0 aliphatic heterocycles. The maximum atomic E-state index is 12.2. The lowest BCUT2D eigenvalue weighted by Crippen LogP contribution is -2.14. The lowest BCUT2D eigenvalue weighted by Gasteiger charge is -2.07. The predicted molar refractivity (Wildman–Crippen MR) is 112 cm³/mol. The van der Waals surface area contributed by atoms with Crippen LogP contribution in [-0.2, 0) is 11.8 Å². The number of hydrogen-bond acceptors (Lipinski definition) is 5. The Morgan fingerprint density at radius 1 is 1.14 bits per heavy atom. The molecule has 0 spiro atoms. The van der Waals surface area contributed by atoms with Crippen molar-refractivity contribution in [1.82, 2.24) is 14.8 Å². The van der Waals surface area contributed by atoms with E-state index in [0.717, 1.165) is 0 Å². The Kier molecular flexibility index (Phi) is 6.39. The van der Waals surface area contributed by atoms with Gasteiger partial charge in [-0.25, -0.2) is 0 Å². The van der Waals surface area contributed by atoms with E-state index in [0.29, 0.717) is 37.8 Å². The van der Waals surface area contributed by atoms with Gasteiger partial charge in [0.25, 0.3) is 0 Å². The van der Waals surface area contributed by atoms with E-state index in [4.69, 9.17) is 23.2 Å². The van der Waals surface area contributed by atoms with Crippen molar-refractivity contribution in [2.75, 3.05) is 11.1 Å². The standard InChI is InChI=1S/C19H16Cl2N4O2S/c1-11(26)12-4-3-5-14(8-12)22-17(27)10-28-19-24-23-18(25(19)2)15-7-6-13(20)9-16(15)21/h3-9H,10H2,1-2H3,(H,22,27). The highest BCUT2D eigenvalue weighted by Gasteiger charge is 2.15. The van der Waals surface area contributed by atoms with Crippen LogP contribution in [-0.4, -0.2) is 32.2 Å². The SMILES string of the molecule is CC(=O)c1cccc(NC(=O)CSc2nnc(-c3ccc(Cl)cc3Cl)n2C)c1. The number of carbonyl (C=O) groups excluding carboxylic acids is 2. The summed E-state index contributed by atoms with van der Waals surface area (Å²) in [6.45, 7) is 1.48. The fraction of sp³-hybridized carbons (Fsp3) is 0.158. The van der Waals surface area contributed by atoms with Crippen molar-refractivity contribution in [2.45, 2.75) is 12.1 Å². The van der Waals surface area contributed by atoms with Gasteiger partial charge in [-0.15, -0.1) is 10.2 Å². The Hall–Kier alpha value is -2.35.